The number of unbranched alkanes of at least 4 members (excludes halogenated alkanes) is 3. The van der Waals surface area contributed by atoms with Crippen molar-refractivity contribution in [1.29, 1.82) is 0 Å². The molecule has 2 bridgehead atoms. The van der Waals surface area contributed by atoms with Gasteiger partial charge in [-0.2, -0.15) is 0 Å². The number of hydrogen-bond acceptors (Lipinski definition) is 6. The fraction of sp³-hybridized carbons (Fsp3) is 0.618. The second-order valence-corrected chi connectivity index (χ2v) is 15.6. The van der Waals surface area contributed by atoms with E-state index in [2.05, 4.69) is 29.1 Å². The van der Waals surface area contributed by atoms with Crippen LogP contribution in [-0.2, 0) is 14.4 Å². The summed E-state index contributed by atoms with van der Waals surface area (Å²) in [5.74, 6) is -0.775. The number of thioether (sulfide) groups is 1. The second-order valence-electron chi connectivity index (χ2n) is 12.9. The highest BCUT2D eigenvalue weighted by Crippen LogP contribution is 2.68. The Labute approximate surface area is 275 Å². The first-order valence-electron chi connectivity index (χ1n) is 15.8. The summed E-state index contributed by atoms with van der Waals surface area (Å²) >= 11 is 5.55. The number of likely N-dealkylation sites (tertiary alicyclic amines) is 1. The molecule has 4 rings (SSSR count). The van der Waals surface area contributed by atoms with Gasteiger partial charge in [-0.05, 0) is 71.2 Å². The van der Waals surface area contributed by atoms with Gasteiger partial charge >= 0.3 is 0 Å². The van der Waals surface area contributed by atoms with E-state index in [1.54, 1.807) is 33.7 Å². The molecule has 1 spiro atoms. The summed E-state index contributed by atoms with van der Waals surface area (Å²) in [6, 6.07) is 6.75. The lowest BCUT2D eigenvalue weighted by atomic mass is 9.70. The largest absolute Gasteiger partial charge is 0.494 e. The maximum Gasteiger partial charge on any atom is 0.247 e. The van der Waals surface area contributed by atoms with E-state index in [4.69, 9.17) is 4.74 Å². The lowest BCUT2D eigenvalue weighted by molar-refractivity contribution is -0.145. The average molecular weight is 691 g/mol. The lowest BCUT2D eigenvalue weighted by Gasteiger charge is -2.42. The molecule has 10 heteroatoms. The van der Waals surface area contributed by atoms with Gasteiger partial charge in [0, 0.05) is 47.5 Å². The summed E-state index contributed by atoms with van der Waals surface area (Å²) < 4.78 is 4.89. The zero-order chi connectivity index (χ0) is 32.2. The van der Waals surface area contributed by atoms with Crippen molar-refractivity contribution in [3.63, 3.8) is 0 Å². The predicted octanol–water partition coefficient (Wildman–Crippen LogP) is 5.43. The molecular weight excluding hydrogens is 642 g/mol. The van der Waals surface area contributed by atoms with Gasteiger partial charge in [-0.3, -0.25) is 14.4 Å². The zero-order valence-corrected chi connectivity index (χ0v) is 28.9. The molecule has 3 unspecified atom stereocenters. The summed E-state index contributed by atoms with van der Waals surface area (Å²) in [7, 11) is 0. The fourth-order valence-electron chi connectivity index (χ4n) is 7.17. The number of halogens is 1. The van der Waals surface area contributed by atoms with Crippen LogP contribution in [0.1, 0.15) is 59.8 Å². The van der Waals surface area contributed by atoms with E-state index in [9.17, 15) is 19.5 Å². The Bertz CT molecular complexity index is 1220. The number of amides is 3. The minimum absolute atomic E-state index is 0.0151. The van der Waals surface area contributed by atoms with E-state index >= 15 is 0 Å². The van der Waals surface area contributed by atoms with Gasteiger partial charge in [0.15, 0.2) is 0 Å². The summed E-state index contributed by atoms with van der Waals surface area (Å²) in [5.41, 5.74) is 0.240. The second kappa shape index (κ2) is 14.4. The molecule has 3 fully saturated rings. The van der Waals surface area contributed by atoms with Crippen molar-refractivity contribution in [2.45, 2.75) is 86.2 Å². The fourth-order valence-corrected chi connectivity index (χ4v) is 10.8. The topological polar surface area (TPSA) is 90.4 Å². The van der Waals surface area contributed by atoms with Gasteiger partial charge in [-0.25, -0.2) is 0 Å². The molecule has 3 amide bonds. The molecule has 44 heavy (non-hydrogen) atoms. The third kappa shape index (κ3) is 6.49. The third-order valence-corrected chi connectivity index (χ3v) is 12.3. The highest BCUT2D eigenvalue weighted by atomic mass is 79.9. The highest BCUT2D eigenvalue weighted by molar-refractivity contribution is 9.09. The van der Waals surface area contributed by atoms with Gasteiger partial charge in [0.05, 0.1) is 23.2 Å². The number of rotatable bonds is 15. The van der Waals surface area contributed by atoms with Crippen molar-refractivity contribution in [3.05, 3.63) is 49.6 Å². The average Bonchev–Trinajstić information content (AvgIpc) is 3.57. The van der Waals surface area contributed by atoms with Gasteiger partial charge in [0.2, 0.25) is 17.7 Å². The van der Waals surface area contributed by atoms with Crippen LogP contribution in [0.25, 0.3) is 0 Å². The van der Waals surface area contributed by atoms with Crippen molar-refractivity contribution >= 4 is 51.1 Å². The van der Waals surface area contributed by atoms with Crippen LogP contribution in [-0.4, -0.2) is 91.9 Å². The summed E-state index contributed by atoms with van der Waals surface area (Å²) in [5, 5.41) is 9.09. The molecule has 0 aliphatic carbocycles. The molecule has 8 nitrogen and oxygen atoms in total. The maximum atomic E-state index is 14.6. The Morgan fingerprint density at radius 3 is 2.36 bits per heavy atom. The number of anilines is 1. The molecular formula is C34H48BrN3O5S. The normalized spacial score (nSPS) is 27.3. The van der Waals surface area contributed by atoms with Crippen LogP contribution in [0.15, 0.2) is 49.6 Å². The molecule has 3 aliphatic heterocycles. The van der Waals surface area contributed by atoms with Gasteiger partial charge in [0.1, 0.15) is 11.8 Å². The maximum absolute atomic E-state index is 14.6. The Hall–Kier alpha value is -2.30. The number of ether oxygens (including phenoxy) is 1. The molecule has 1 N–H and O–H groups in total. The van der Waals surface area contributed by atoms with Crippen molar-refractivity contribution in [3.8, 4) is 5.75 Å². The van der Waals surface area contributed by atoms with Gasteiger partial charge in [-0.15, -0.1) is 24.9 Å². The Morgan fingerprint density at radius 1 is 1.11 bits per heavy atom. The van der Waals surface area contributed by atoms with E-state index in [0.29, 0.717) is 39.1 Å². The van der Waals surface area contributed by atoms with Crippen LogP contribution >= 0.6 is 27.7 Å². The molecule has 1 aromatic carbocycles. The first kappa shape index (κ1) is 34.6. The van der Waals surface area contributed by atoms with Crippen LogP contribution in [0.3, 0.4) is 0 Å². The SMILES string of the molecule is C=CCN(C(=O)[C@H]1[C@@H]2SC3(CC2Br)C(C(=O)N(CC=C)C(C)(C)C)N(CCCCCCO)C(=O)[C@H]13)c1ccc(OCC)cc1. The minimum atomic E-state index is -0.720. The number of aliphatic hydroxyl groups is 1. The molecule has 1 aromatic rings. The van der Waals surface area contributed by atoms with Crippen LogP contribution in [0.5, 0.6) is 5.75 Å². The number of aliphatic hydroxyl groups excluding tert-OH is 1. The van der Waals surface area contributed by atoms with Crippen molar-refractivity contribution < 1.29 is 24.2 Å². The Kier molecular flexibility index (Phi) is 11.3. The number of alkyl halides is 1. The van der Waals surface area contributed by atoms with Crippen LogP contribution in [0.2, 0.25) is 0 Å². The first-order chi connectivity index (χ1) is 21.0. The molecule has 6 atom stereocenters. The summed E-state index contributed by atoms with van der Waals surface area (Å²) in [4.78, 5) is 49.1. The Morgan fingerprint density at radius 2 is 1.77 bits per heavy atom. The molecule has 0 saturated carbocycles. The molecule has 3 aliphatic rings. The molecule has 242 valence electrons. The third-order valence-electron chi connectivity index (χ3n) is 9.04. The van der Waals surface area contributed by atoms with Crippen LogP contribution < -0.4 is 9.64 Å². The number of benzene rings is 1. The Balaban J connectivity index is 1.74. The van der Waals surface area contributed by atoms with Crippen molar-refractivity contribution in [2.24, 2.45) is 11.8 Å². The summed E-state index contributed by atoms with van der Waals surface area (Å²) in [6.45, 7) is 17.5. The first-order valence-corrected chi connectivity index (χ1v) is 17.6. The van der Waals surface area contributed by atoms with Crippen molar-refractivity contribution in [1.82, 2.24) is 9.80 Å². The number of fused-ring (bicyclic) bond motifs is 1. The summed E-state index contributed by atoms with van der Waals surface area (Å²) in [6.07, 6.45) is 7.22. The smallest absolute Gasteiger partial charge is 0.247 e. The van der Waals surface area contributed by atoms with E-state index in [0.717, 1.165) is 30.7 Å². The minimum Gasteiger partial charge on any atom is -0.494 e. The number of carbonyl (C=O) groups excluding carboxylic acids is 3. The molecule has 0 aromatic heterocycles. The van der Waals surface area contributed by atoms with Crippen LogP contribution in [0.4, 0.5) is 5.69 Å². The molecule has 3 saturated heterocycles. The number of nitrogens with zero attached hydrogens (tertiary/aromatic N) is 3. The van der Waals surface area contributed by atoms with E-state index in [1.807, 2.05) is 56.9 Å². The van der Waals surface area contributed by atoms with E-state index < -0.39 is 28.2 Å². The lowest BCUT2D eigenvalue weighted by Crippen LogP contribution is -2.59. The number of carbonyl (C=O) groups is 3. The van der Waals surface area contributed by atoms with E-state index in [-0.39, 0.29) is 34.4 Å². The van der Waals surface area contributed by atoms with Crippen LogP contribution in [0, 0.1) is 11.8 Å². The number of hydrogen-bond donors (Lipinski definition) is 1. The van der Waals surface area contributed by atoms with Gasteiger partial charge in [0.25, 0.3) is 0 Å². The molecule has 3 heterocycles. The van der Waals surface area contributed by atoms with Crippen molar-refractivity contribution in [2.75, 3.05) is 37.7 Å². The standard InChI is InChI=1S/C34H48BrN3O5S/c1-7-18-36(23-14-16-24(17-15-23)43-9-3)30(40)26-27-31(41)37(20-12-10-11-13-21-39)29(34(27)22-25(35)28(26)44-34)32(42)38(19-8-2)33(4,5)6/h7-8,14-17,25-29,39H,1-2,9-13,18-22H2,3-6H3/t25?,26-,27+,28-,29?,34?/m1/s1. The highest BCUT2D eigenvalue weighted by Gasteiger charge is 2.76. The zero-order valence-electron chi connectivity index (χ0n) is 26.5. The van der Waals surface area contributed by atoms with Gasteiger partial charge in [-0.1, -0.05) is 40.9 Å². The monoisotopic (exact) mass is 689 g/mol. The van der Waals surface area contributed by atoms with Gasteiger partial charge < -0.3 is 24.5 Å². The quantitative estimate of drug-likeness (QED) is 0.150. The predicted molar refractivity (Wildman–Crippen MR) is 181 cm³/mol. The van der Waals surface area contributed by atoms with E-state index in [1.165, 1.54) is 0 Å². The molecule has 0 radical (unpaired) electrons.